The Labute approximate surface area is 137 Å². The molecule has 1 aliphatic heterocycles. The van der Waals surface area contributed by atoms with Gasteiger partial charge in [0, 0.05) is 17.7 Å². The second-order valence-corrected chi connectivity index (χ2v) is 7.20. The van der Waals surface area contributed by atoms with Gasteiger partial charge in [-0.1, -0.05) is 17.8 Å². The lowest BCUT2D eigenvalue weighted by molar-refractivity contribution is -0.902. The van der Waals surface area contributed by atoms with E-state index in [1.807, 2.05) is 17.5 Å². The van der Waals surface area contributed by atoms with Crippen LogP contribution in [0.3, 0.4) is 0 Å². The van der Waals surface area contributed by atoms with Crippen LogP contribution in [0.25, 0.3) is 0 Å². The standard InChI is InChI=1S/C14H18N4O2S2/c19-12(15-8-11-4-3-7-21-11)10-22-14-17-16-13(20-14)9-18-5-1-2-6-18/h3-4,7H,1-2,5-6,8-10H2,(H,15,19)/p+1. The molecule has 0 bridgehead atoms. The highest BCUT2D eigenvalue weighted by Gasteiger charge is 2.19. The van der Waals surface area contributed by atoms with Crippen LogP contribution < -0.4 is 10.2 Å². The SMILES string of the molecule is O=C(CSc1nnc(C[NH+]2CCCC2)o1)NCc1cccs1. The third kappa shape index (κ3) is 4.56. The molecule has 1 aliphatic rings. The third-order valence-electron chi connectivity index (χ3n) is 3.53. The van der Waals surface area contributed by atoms with Crippen LogP contribution in [0.15, 0.2) is 27.2 Å². The average molecular weight is 339 g/mol. The highest BCUT2D eigenvalue weighted by atomic mass is 32.2. The Morgan fingerprint density at radius 1 is 1.41 bits per heavy atom. The molecule has 0 aromatic carbocycles. The van der Waals surface area contributed by atoms with Crippen molar-refractivity contribution in [2.24, 2.45) is 0 Å². The largest absolute Gasteiger partial charge is 0.410 e. The Morgan fingerprint density at radius 3 is 3.05 bits per heavy atom. The minimum Gasteiger partial charge on any atom is -0.410 e. The number of aromatic nitrogens is 2. The van der Waals surface area contributed by atoms with Gasteiger partial charge in [0.25, 0.3) is 11.1 Å². The van der Waals surface area contributed by atoms with Crippen LogP contribution in [0.1, 0.15) is 23.6 Å². The second-order valence-electron chi connectivity index (χ2n) is 5.24. The van der Waals surface area contributed by atoms with E-state index in [9.17, 15) is 4.79 Å². The van der Waals surface area contributed by atoms with Crippen LogP contribution in [0.5, 0.6) is 0 Å². The number of hydrogen-bond donors (Lipinski definition) is 2. The molecule has 0 atom stereocenters. The number of hydrogen-bond acceptors (Lipinski definition) is 6. The average Bonchev–Trinajstić information content (AvgIpc) is 3.26. The summed E-state index contributed by atoms with van der Waals surface area (Å²) in [5.74, 6) is 0.936. The molecule has 2 aromatic rings. The summed E-state index contributed by atoms with van der Waals surface area (Å²) < 4.78 is 5.59. The van der Waals surface area contributed by atoms with Crippen molar-refractivity contribution in [2.75, 3.05) is 18.8 Å². The molecule has 8 heteroatoms. The first-order valence-electron chi connectivity index (χ1n) is 7.37. The predicted molar refractivity (Wildman–Crippen MR) is 84.8 cm³/mol. The molecule has 2 N–H and O–H groups in total. The first kappa shape index (κ1) is 15.5. The highest BCUT2D eigenvalue weighted by molar-refractivity contribution is 7.99. The van der Waals surface area contributed by atoms with Gasteiger partial charge in [-0.25, -0.2) is 0 Å². The Bertz CT molecular complexity index is 594. The Hall–Kier alpha value is -1.38. The number of carbonyl (C=O) groups is 1. The van der Waals surface area contributed by atoms with E-state index in [0.717, 1.165) is 11.4 Å². The zero-order valence-corrected chi connectivity index (χ0v) is 13.8. The van der Waals surface area contributed by atoms with Gasteiger partial charge in [0.1, 0.15) is 0 Å². The quantitative estimate of drug-likeness (QED) is 0.727. The summed E-state index contributed by atoms with van der Waals surface area (Å²) >= 11 is 2.92. The monoisotopic (exact) mass is 339 g/mol. The normalized spacial score (nSPS) is 15.3. The van der Waals surface area contributed by atoms with Gasteiger partial charge in [0.15, 0.2) is 6.54 Å². The summed E-state index contributed by atoms with van der Waals surface area (Å²) in [6.45, 7) is 3.72. The third-order valence-corrected chi connectivity index (χ3v) is 5.22. The van der Waals surface area contributed by atoms with E-state index in [1.54, 1.807) is 11.3 Å². The van der Waals surface area contributed by atoms with Crippen molar-refractivity contribution in [3.63, 3.8) is 0 Å². The summed E-state index contributed by atoms with van der Waals surface area (Å²) in [6.07, 6.45) is 2.55. The van der Waals surface area contributed by atoms with Gasteiger partial charge in [-0.05, 0) is 11.4 Å². The molecule has 118 valence electrons. The lowest BCUT2D eigenvalue weighted by Gasteiger charge is -2.07. The predicted octanol–water partition coefficient (Wildman–Crippen LogP) is 0.718. The Balaban J connectivity index is 1.39. The molecule has 1 saturated heterocycles. The van der Waals surface area contributed by atoms with Gasteiger partial charge in [-0.15, -0.1) is 21.5 Å². The number of nitrogens with one attached hydrogen (secondary N) is 2. The molecule has 0 saturated carbocycles. The van der Waals surface area contributed by atoms with Crippen molar-refractivity contribution >= 4 is 29.0 Å². The van der Waals surface area contributed by atoms with E-state index in [1.165, 1.54) is 42.6 Å². The van der Waals surface area contributed by atoms with E-state index >= 15 is 0 Å². The number of thioether (sulfide) groups is 1. The van der Waals surface area contributed by atoms with Crippen molar-refractivity contribution in [1.82, 2.24) is 15.5 Å². The molecule has 3 rings (SSSR count). The van der Waals surface area contributed by atoms with Gasteiger partial charge in [-0.2, -0.15) is 0 Å². The van der Waals surface area contributed by atoms with Crippen LogP contribution in [-0.2, 0) is 17.9 Å². The maximum Gasteiger partial charge on any atom is 0.277 e. The van der Waals surface area contributed by atoms with Crippen molar-refractivity contribution in [3.05, 3.63) is 28.3 Å². The van der Waals surface area contributed by atoms with E-state index in [2.05, 4.69) is 15.5 Å². The first-order chi connectivity index (χ1) is 10.8. The van der Waals surface area contributed by atoms with Crippen molar-refractivity contribution < 1.29 is 14.1 Å². The van der Waals surface area contributed by atoms with Crippen LogP contribution in [0.2, 0.25) is 0 Å². The molecule has 0 radical (unpaired) electrons. The molecule has 0 unspecified atom stereocenters. The van der Waals surface area contributed by atoms with Crippen molar-refractivity contribution in [3.8, 4) is 0 Å². The molecule has 2 aromatic heterocycles. The van der Waals surface area contributed by atoms with E-state index in [4.69, 9.17) is 4.42 Å². The minimum absolute atomic E-state index is 0.0247. The molecule has 3 heterocycles. The maximum atomic E-state index is 11.8. The van der Waals surface area contributed by atoms with Crippen molar-refractivity contribution in [1.29, 1.82) is 0 Å². The van der Waals surface area contributed by atoms with Crippen LogP contribution in [0.4, 0.5) is 0 Å². The second kappa shape index (κ2) is 7.75. The van der Waals surface area contributed by atoms with E-state index in [-0.39, 0.29) is 5.91 Å². The molecule has 6 nitrogen and oxygen atoms in total. The van der Waals surface area contributed by atoms with Gasteiger partial charge in [0.2, 0.25) is 5.91 Å². The molecule has 0 spiro atoms. The zero-order valence-electron chi connectivity index (χ0n) is 12.2. The summed E-state index contributed by atoms with van der Waals surface area (Å²) in [7, 11) is 0. The number of quaternary nitrogens is 1. The molecular weight excluding hydrogens is 320 g/mol. The van der Waals surface area contributed by atoms with Gasteiger partial charge in [0.05, 0.1) is 25.4 Å². The highest BCUT2D eigenvalue weighted by Crippen LogP contribution is 2.15. The van der Waals surface area contributed by atoms with Gasteiger partial charge in [-0.3, -0.25) is 4.79 Å². The van der Waals surface area contributed by atoms with Crippen molar-refractivity contribution in [2.45, 2.75) is 31.2 Å². The number of rotatable bonds is 7. The maximum absolute atomic E-state index is 11.8. The lowest BCUT2D eigenvalue weighted by atomic mass is 10.4. The van der Waals surface area contributed by atoms with Crippen LogP contribution in [-0.4, -0.2) is 34.9 Å². The summed E-state index contributed by atoms with van der Waals surface area (Å²) in [5, 5.41) is 13.4. The fourth-order valence-corrected chi connectivity index (χ4v) is 3.67. The summed E-state index contributed by atoms with van der Waals surface area (Å²) in [4.78, 5) is 14.4. The van der Waals surface area contributed by atoms with Crippen LogP contribution >= 0.6 is 23.1 Å². The minimum atomic E-state index is -0.0247. The molecule has 1 fully saturated rings. The topological polar surface area (TPSA) is 72.5 Å². The summed E-state index contributed by atoms with van der Waals surface area (Å²) in [6, 6.07) is 3.98. The molecule has 22 heavy (non-hydrogen) atoms. The number of amides is 1. The fourth-order valence-electron chi connectivity index (χ4n) is 2.41. The fraction of sp³-hybridized carbons (Fsp3) is 0.500. The Morgan fingerprint density at radius 2 is 2.27 bits per heavy atom. The van der Waals surface area contributed by atoms with E-state index in [0.29, 0.717) is 23.4 Å². The van der Waals surface area contributed by atoms with Gasteiger partial charge >= 0.3 is 0 Å². The number of likely N-dealkylation sites (tertiary alicyclic amines) is 1. The molecule has 0 aliphatic carbocycles. The first-order valence-corrected chi connectivity index (χ1v) is 9.24. The number of carbonyl (C=O) groups excluding carboxylic acids is 1. The van der Waals surface area contributed by atoms with E-state index < -0.39 is 0 Å². The van der Waals surface area contributed by atoms with Gasteiger partial charge < -0.3 is 14.6 Å². The van der Waals surface area contributed by atoms with Crippen LogP contribution in [0, 0.1) is 0 Å². The number of thiophene rings is 1. The summed E-state index contributed by atoms with van der Waals surface area (Å²) in [5.41, 5.74) is 0. The Kier molecular flexibility index (Phi) is 5.47. The number of nitrogens with zero attached hydrogens (tertiary/aromatic N) is 2. The zero-order chi connectivity index (χ0) is 15.2. The lowest BCUT2D eigenvalue weighted by Crippen LogP contribution is -3.08. The smallest absolute Gasteiger partial charge is 0.277 e. The molecule has 1 amide bonds. The molecular formula is C14H19N4O2S2+.